The molecule has 2 aliphatic heterocycles. The number of H-pyrrole nitrogens is 1. The zero-order chi connectivity index (χ0) is 30.1. The monoisotopic (exact) mass is 645 g/mol. The first kappa shape index (κ1) is 31.3. The van der Waals surface area contributed by atoms with Gasteiger partial charge in [0.1, 0.15) is 12.2 Å². The molecular weight excluding hydrogens is 605 g/mol. The number of aromatic nitrogens is 4. The highest BCUT2D eigenvalue weighted by molar-refractivity contribution is 8.68. The van der Waals surface area contributed by atoms with Crippen molar-refractivity contribution in [1.29, 1.82) is 0 Å². The van der Waals surface area contributed by atoms with E-state index < -0.39 is 44.2 Å². The predicted octanol–water partition coefficient (Wildman–Crippen LogP) is 5.84. The summed E-state index contributed by atoms with van der Waals surface area (Å²) < 4.78 is 43.5. The molecule has 0 unspecified atom stereocenters. The molecule has 3 aliphatic rings. The maximum absolute atomic E-state index is 16.5. The van der Waals surface area contributed by atoms with Gasteiger partial charge < -0.3 is 23.9 Å². The number of fused-ring (bicyclic) bond motifs is 2. The molecule has 0 bridgehead atoms. The highest BCUT2D eigenvalue weighted by atomic mass is 32.9. The Morgan fingerprint density at radius 3 is 2.83 bits per heavy atom. The molecule has 2 aromatic rings. The van der Waals surface area contributed by atoms with Gasteiger partial charge in [0.25, 0.3) is 5.56 Å². The first-order valence-electron chi connectivity index (χ1n) is 13.9. The predicted molar refractivity (Wildman–Crippen MR) is 167 cm³/mol. The molecule has 228 valence electrons. The number of aromatic amines is 1. The summed E-state index contributed by atoms with van der Waals surface area (Å²) in [6, 6.07) is 0. The molecule has 0 aromatic carbocycles. The van der Waals surface area contributed by atoms with Crippen LogP contribution < -0.4 is 11.3 Å². The number of halogens is 1. The van der Waals surface area contributed by atoms with Crippen molar-refractivity contribution in [3.63, 3.8) is 0 Å². The van der Waals surface area contributed by atoms with Crippen LogP contribution in [-0.4, -0.2) is 63.7 Å². The smallest absolute Gasteiger partial charge is 0.280 e. The van der Waals surface area contributed by atoms with E-state index in [1.54, 1.807) is 11.4 Å². The fourth-order valence-electron chi connectivity index (χ4n) is 5.40. The lowest BCUT2D eigenvalue weighted by atomic mass is 9.77. The van der Waals surface area contributed by atoms with Crippen molar-refractivity contribution in [1.82, 2.24) is 19.5 Å². The van der Waals surface area contributed by atoms with Gasteiger partial charge in [-0.15, -0.1) is 0 Å². The molecule has 2 saturated heterocycles. The Bertz CT molecular complexity index is 1450. The lowest BCUT2D eigenvalue weighted by Gasteiger charge is -2.37. The molecule has 0 spiro atoms. The van der Waals surface area contributed by atoms with E-state index in [1.165, 1.54) is 10.9 Å². The van der Waals surface area contributed by atoms with E-state index in [4.69, 9.17) is 35.8 Å². The Labute approximate surface area is 250 Å². The Hall–Kier alpha value is -1.12. The number of ether oxygens (including phenoxy) is 1. The number of alkyl halides is 1. The summed E-state index contributed by atoms with van der Waals surface area (Å²) in [6.07, 6.45) is -0.663. The van der Waals surface area contributed by atoms with Gasteiger partial charge in [-0.2, -0.15) is 4.98 Å². The molecule has 4 heterocycles. The van der Waals surface area contributed by atoms with Gasteiger partial charge in [-0.25, -0.2) is 9.37 Å². The van der Waals surface area contributed by atoms with Gasteiger partial charge in [-0.3, -0.25) is 14.3 Å². The van der Waals surface area contributed by atoms with Crippen LogP contribution in [0.4, 0.5) is 10.3 Å². The standard InChI is InChI=1S/C26H41FN5O5PS2Si/c1-14(2)15-9-10-26(6)17(11-15)36-38(39,40-26)37-20-16(12-34-41(7,8)25(3,4)5)35-23(18(20)27)32-13-29-19-21(32)30-24(28)31-22(19)33/h13,15-18,20,23H,1,9-12H2,2-8H3,(H3,28,30,31,33)/t15-,16+,17+,18+,20+,23+,26+,38-/m0/s1. The third-order valence-corrected chi connectivity index (χ3v) is 19.3. The second-order valence-electron chi connectivity index (χ2n) is 13.2. The van der Waals surface area contributed by atoms with Gasteiger partial charge in [0, 0.05) is 4.75 Å². The van der Waals surface area contributed by atoms with Crippen LogP contribution in [0.15, 0.2) is 23.3 Å². The molecular formula is C26H41FN5O5PS2Si. The number of imidazole rings is 1. The average Bonchev–Trinajstić information content (AvgIpc) is 3.47. The molecule has 3 fully saturated rings. The first-order valence-corrected chi connectivity index (χ1v) is 20.9. The van der Waals surface area contributed by atoms with E-state index in [2.05, 4.69) is 69.2 Å². The number of allylic oxidation sites excluding steroid dienone is 1. The number of nitrogens with one attached hydrogen (secondary N) is 1. The minimum absolute atomic E-state index is 0.0411. The van der Waals surface area contributed by atoms with Crippen LogP contribution in [0.5, 0.6) is 0 Å². The second-order valence-corrected chi connectivity index (χ2v) is 24.6. The number of nitrogens with zero attached hydrogens (tertiary/aromatic N) is 3. The van der Waals surface area contributed by atoms with E-state index in [9.17, 15) is 4.79 Å². The number of nitrogens with two attached hydrogens (primary N) is 1. The van der Waals surface area contributed by atoms with Crippen LogP contribution >= 0.6 is 17.1 Å². The van der Waals surface area contributed by atoms with Crippen molar-refractivity contribution in [3.8, 4) is 0 Å². The van der Waals surface area contributed by atoms with Crippen molar-refractivity contribution < 1.29 is 22.6 Å². The van der Waals surface area contributed by atoms with Crippen molar-refractivity contribution in [3.05, 3.63) is 28.8 Å². The Morgan fingerprint density at radius 2 is 2.17 bits per heavy atom. The fraction of sp³-hybridized carbons (Fsp3) is 0.731. The van der Waals surface area contributed by atoms with Gasteiger partial charge in [0.2, 0.25) is 11.6 Å². The molecule has 8 atom stereocenters. The van der Waals surface area contributed by atoms with Crippen molar-refractivity contribution in [2.24, 2.45) is 5.92 Å². The van der Waals surface area contributed by atoms with Gasteiger partial charge in [0.15, 0.2) is 31.9 Å². The van der Waals surface area contributed by atoms with Crippen LogP contribution in [0.3, 0.4) is 0 Å². The minimum atomic E-state index is -2.94. The van der Waals surface area contributed by atoms with Crippen LogP contribution in [0.25, 0.3) is 11.2 Å². The maximum atomic E-state index is 16.5. The van der Waals surface area contributed by atoms with E-state index in [-0.39, 0.29) is 39.6 Å². The van der Waals surface area contributed by atoms with Crippen LogP contribution in [0.1, 0.15) is 60.1 Å². The van der Waals surface area contributed by atoms with E-state index in [0.717, 1.165) is 24.8 Å². The van der Waals surface area contributed by atoms with E-state index in [1.807, 2.05) is 0 Å². The fourth-order valence-corrected chi connectivity index (χ4v) is 13.9. The summed E-state index contributed by atoms with van der Waals surface area (Å²) in [7, 11) is -2.20. The maximum Gasteiger partial charge on any atom is 0.280 e. The molecule has 1 saturated carbocycles. The molecule has 2 aromatic heterocycles. The van der Waals surface area contributed by atoms with Crippen LogP contribution in [0.2, 0.25) is 18.1 Å². The summed E-state index contributed by atoms with van der Waals surface area (Å²) >= 11 is 7.57. The van der Waals surface area contributed by atoms with Gasteiger partial charge in [-0.05, 0) is 69.0 Å². The highest BCUT2D eigenvalue weighted by Crippen LogP contribution is 2.76. The second kappa shape index (κ2) is 10.8. The topological polar surface area (TPSA) is 127 Å². The van der Waals surface area contributed by atoms with E-state index >= 15 is 4.39 Å². The summed E-state index contributed by atoms with van der Waals surface area (Å²) in [4.78, 5) is 23.1. The first-order chi connectivity index (χ1) is 18.9. The number of anilines is 1. The number of rotatable bonds is 7. The number of hydrogen-bond donors (Lipinski definition) is 2. The molecule has 41 heavy (non-hydrogen) atoms. The van der Waals surface area contributed by atoms with Gasteiger partial charge in [-0.1, -0.05) is 44.3 Å². The molecule has 0 amide bonds. The average molecular weight is 646 g/mol. The van der Waals surface area contributed by atoms with Crippen LogP contribution in [0, 0.1) is 5.92 Å². The Kier molecular flexibility index (Phi) is 8.24. The highest BCUT2D eigenvalue weighted by Gasteiger charge is 2.57. The zero-order valence-corrected chi connectivity index (χ0v) is 28.2. The summed E-state index contributed by atoms with van der Waals surface area (Å²) in [5, 5.41) is -0.0553. The van der Waals surface area contributed by atoms with Crippen molar-refractivity contribution in [2.45, 2.75) is 107 Å². The number of hydrogen-bond acceptors (Lipinski definition) is 10. The quantitative estimate of drug-likeness (QED) is 0.216. The lowest BCUT2D eigenvalue weighted by molar-refractivity contribution is -0.0413. The SMILES string of the molecule is C=C(C)[C@H]1CC[C@@]2(C)S[P@](=S)(O[C@H]3[C@@H](F)[C@H](n4cnc5c(=O)[nH]c(N)nc54)O[C@@H]3CO[Si](C)(C)C(C)(C)C)O[C@@H]2C1. The van der Waals surface area contributed by atoms with Gasteiger partial charge >= 0.3 is 0 Å². The molecule has 15 heteroatoms. The molecule has 1 aliphatic carbocycles. The summed E-state index contributed by atoms with van der Waals surface area (Å²) in [5.74, 6) is 0.269. The lowest BCUT2D eigenvalue weighted by Crippen LogP contribution is -2.44. The minimum Gasteiger partial charge on any atom is -0.414 e. The Balaban J connectivity index is 1.44. The van der Waals surface area contributed by atoms with Crippen molar-refractivity contribution >= 4 is 54.3 Å². The number of nitrogen functional groups attached to an aromatic ring is 1. The third-order valence-electron chi connectivity index (χ3n) is 9.10. The van der Waals surface area contributed by atoms with E-state index in [0.29, 0.717) is 5.92 Å². The molecule has 5 rings (SSSR count). The molecule has 0 radical (unpaired) electrons. The third kappa shape index (κ3) is 5.87. The normalized spacial score (nSPS) is 36.1. The largest absolute Gasteiger partial charge is 0.414 e. The molecule has 10 nitrogen and oxygen atoms in total. The van der Waals surface area contributed by atoms with Gasteiger partial charge in [0.05, 0.1) is 19.0 Å². The molecule has 3 N–H and O–H groups in total. The Morgan fingerprint density at radius 1 is 1.46 bits per heavy atom. The summed E-state index contributed by atoms with van der Waals surface area (Å²) in [5.41, 5.74) is 3.63. The van der Waals surface area contributed by atoms with Crippen molar-refractivity contribution in [2.75, 3.05) is 12.3 Å². The summed E-state index contributed by atoms with van der Waals surface area (Å²) in [6.45, 7) is 19.2. The zero-order valence-electron chi connectivity index (χ0n) is 24.7. The van der Waals surface area contributed by atoms with Crippen LogP contribution in [-0.2, 0) is 30.0 Å².